The maximum absolute atomic E-state index is 8.56. The maximum atomic E-state index is 8.56. The van der Waals surface area contributed by atoms with Crippen LogP contribution >= 0.6 is 0 Å². The summed E-state index contributed by atoms with van der Waals surface area (Å²) in [6, 6.07) is 25.5. The number of benzene rings is 3. The molecule has 0 saturated carbocycles. The van der Waals surface area contributed by atoms with E-state index in [0.717, 1.165) is 22.5 Å². The molecule has 3 aromatic carbocycles. The standard InChI is InChI=1S/C20H13N2.C5H12O2.Ir/c1-2-8-16(9-3-1)19-13-22-20(14-21-19)18-12-6-10-15-7-4-5-11-17(15)18;1-4(6)3-5(2)7;/h1-8,10-14H;4-7H,3H2,1-2H3;/q-1;;. The van der Waals surface area contributed by atoms with Crippen molar-refractivity contribution in [2.24, 2.45) is 0 Å². The van der Waals surface area contributed by atoms with Crippen LogP contribution in [-0.4, -0.2) is 32.4 Å². The zero-order valence-corrected chi connectivity index (χ0v) is 19.4. The van der Waals surface area contributed by atoms with Crippen LogP contribution in [0.25, 0.3) is 33.3 Å². The summed E-state index contributed by atoms with van der Waals surface area (Å²) in [5.74, 6) is 0. The third kappa shape index (κ3) is 6.54. The van der Waals surface area contributed by atoms with Crippen molar-refractivity contribution in [3.05, 3.63) is 85.2 Å². The van der Waals surface area contributed by atoms with Gasteiger partial charge < -0.3 is 15.2 Å². The third-order valence-corrected chi connectivity index (χ3v) is 4.38. The molecule has 5 heteroatoms. The number of fused-ring (bicyclic) bond motifs is 1. The van der Waals surface area contributed by atoms with Crippen molar-refractivity contribution >= 4 is 10.8 Å². The number of aliphatic hydroxyl groups is 2. The second-order valence-electron chi connectivity index (χ2n) is 7.02. The summed E-state index contributed by atoms with van der Waals surface area (Å²) < 4.78 is 0. The fourth-order valence-electron chi connectivity index (χ4n) is 3.10. The van der Waals surface area contributed by atoms with Crippen LogP contribution in [0.3, 0.4) is 0 Å². The molecule has 0 fully saturated rings. The number of aromatic nitrogens is 2. The van der Waals surface area contributed by atoms with Gasteiger partial charge in [0.2, 0.25) is 0 Å². The summed E-state index contributed by atoms with van der Waals surface area (Å²) in [6.07, 6.45) is 3.36. The number of aliphatic hydroxyl groups excluding tert-OH is 2. The molecular weight excluding hydrogens is 553 g/mol. The van der Waals surface area contributed by atoms with E-state index in [0.29, 0.717) is 6.42 Å². The molecule has 2 N–H and O–H groups in total. The summed E-state index contributed by atoms with van der Waals surface area (Å²) >= 11 is 0. The SMILES string of the molecule is CC(O)CC(C)O.[Ir].[c-]1ccccc1-c1cnc(-c2cccc3ccccc23)cn1. The molecule has 0 amide bonds. The predicted octanol–water partition coefficient (Wildman–Crippen LogP) is 4.90. The van der Waals surface area contributed by atoms with E-state index in [-0.39, 0.29) is 32.3 Å². The predicted molar refractivity (Wildman–Crippen MR) is 117 cm³/mol. The first-order valence-electron chi connectivity index (χ1n) is 9.68. The van der Waals surface area contributed by atoms with Gasteiger partial charge in [0.05, 0.1) is 17.9 Å². The summed E-state index contributed by atoms with van der Waals surface area (Å²) in [5, 5.41) is 19.5. The second-order valence-corrected chi connectivity index (χ2v) is 7.02. The molecule has 0 aliphatic heterocycles. The van der Waals surface area contributed by atoms with Crippen molar-refractivity contribution in [3.63, 3.8) is 0 Å². The molecule has 1 aromatic heterocycles. The third-order valence-electron chi connectivity index (χ3n) is 4.38. The van der Waals surface area contributed by atoms with Crippen molar-refractivity contribution in [2.45, 2.75) is 32.5 Å². The summed E-state index contributed by atoms with van der Waals surface area (Å²) in [4.78, 5) is 9.13. The van der Waals surface area contributed by atoms with E-state index in [9.17, 15) is 0 Å². The first kappa shape index (κ1) is 23.8. The Balaban J connectivity index is 0.000000350. The molecule has 2 atom stereocenters. The van der Waals surface area contributed by atoms with E-state index in [1.165, 1.54) is 10.8 Å². The Morgan fingerprint density at radius 2 is 1.43 bits per heavy atom. The average Bonchev–Trinajstić information content (AvgIpc) is 2.74. The van der Waals surface area contributed by atoms with E-state index < -0.39 is 0 Å². The molecule has 0 aliphatic carbocycles. The Bertz CT molecular complexity index is 1020. The van der Waals surface area contributed by atoms with Gasteiger partial charge in [-0.15, -0.1) is 35.9 Å². The molecular formula is C25H25IrN2O2-. The topological polar surface area (TPSA) is 66.2 Å². The van der Waals surface area contributed by atoms with E-state index in [1.54, 1.807) is 13.8 Å². The zero-order chi connectivity index (χ0) is 20.6. The van der Waals surface area contributed by atoms with Crippen molar-refractivity contribution in [1.29, 1.82) is 0 Å². The zero-order valence-electron chi connectivity index (χ0n) is 17.0. The minimum absolute atomic E-state index is 0. The Morgan fingerprint density at radius 3 is 2.03 bits per heavy atom. The van der Waals surface area contributed by atoms with Crippen molar-refractivity contribution < 1.29 is 30.3 Å². The Kier molecular flexibility index (Phi) is 9.28. The second kappa shape index (κ2) is 11.7. The largest absolute Gasteiger partial charge is 0.393 e. The van der Waals surface area contributed by atoms with E-state index in [1.807, 2.05) is 48.8 Å². The van der Waals surface area contributed by atoms with Crippen LogP contribution in [0, 0.1) is 6.07 Å². The van der Waals surface area contributed by atoms with Gasteiger partial charge in [-0.1, -0.05) is 42.5 Å². The Labute approximate surface area is 191 Å². The molecule has 1 radical (unpaired) electrons. The molecule has 4 aromatic rings. The van der Waals surface area contributed by atoms with Crippen LogP contribution in [-0.2, 0) is 20.1 Å². The average molecular weight is 578 g/mol. The molecule has 157 valence electrons. The summed E-state index contributed by atoms with van der Waals surface area (Å²) in [5.41, 5.74) is 3.79. The molecule has 0 spiro atoms. The van der Waals surface area contributed by atoms with Gasteiger partial charge >= 0.3 is 0 Å². The first-order chi connectivity index (χ1) is 14.0. The van der Waals surface area contributed by atoms with Crippen LogP contribution < -0.4 is 0 Å². The van der Waals surface area contributed by atoms with E-state index in [2.05, 4.69) is 46.4 Å². The summed E-state index contributed by atoms with van der Waals surface area (Å²) in [6.45, 7) is 3.32. The molecule has 30 heavy (non-hydrogen) atoms. The van der Waals surface area contributed by atoms with Gasteiger partial charge in [0.15, 0.2) is 0 Å². The minimum Gasteiger partial charge on any atom is -0.393 e. The van der Waals surface area contributed by atoms with E-state index >= 15 is 0 Å². The number of hydrogen-bond donors (Lipinski definition) is 2. The fourth-order valence-corrected chi connectivity index (χ4v) is 3.10. The van der Waals surface area contributed by atoms with Crippen LogP contribution in [0.15, 0.2) is 79.1 Å². The molecule has 4 nitrogen and oxygen atoms in total. The van der Waals surface area contributed by atoms with Gasteiger partial charge in [-0.25, -0.2) is 0 Å². The van der Waals surface area contributed by atoms with Crippen LogP contribution in [0.1, 0.15) is 20.3 Å². The normalized spacial score (nSPS) is 12.3. The molecule has 0 bridgehead atoms. The summed E-state index contributed by atoms with van der Waals surface area (Å²) in [7, 11) is 0. The molecule has 0 saturated heterocycles. The number of nitrogens with zero attached hydrogens (tertiary/aromatic N) is 2. The first-order valence-corrected chi connectivity index (χ1v) is 9.68. The van der Waals surface area contributed by atoms with Crippen LogP contribution in [0.4, 0.5) is 0 Å². The monoisotopic (exact) mass is 578 g/mol. The molecule has 0 aliphatic rings. The van der Waals surface area contributed by atoms with Gasteiger partial charge in [0.1, 0.15) is 0 Å². The quantitative estimate of drug-likeness (QED) is 0.339. The van der Waals surface area contributed by atoms with Crippen molar-refractivity contribution in [1.82, 2.24) is 9.97 Å². The number of hydrogen-bond acceptors (Lipinski definition) is 4. The Morgan fingerprint density at radius 1 is 0.800 bits per heavy atom. The molecule has 1 heterocycles. The fraction of sp³-hybridized carbons (Fsp3) is 0.200. The van der Waals surface area contributed by atoms with Gasteiger partial charge in [0.25, 0.3) is 0 Å². The van der Waals surface area contributed by atoms with Crippen LogP contribution in [0.2, 0.25) is 0 Å². The van der Waals surface area contributed by atoms with Crippen LogP contribution in [0.5, 0.6) is 0 Å². The van der Waals surface area contributed by atoms with Gasteiger partial charge in [0, 0.05) is 43.8 Å². The maximum Gasteiger partial charge on any atom is 0.0872 e. The molecule has 4 rings (SSSR count). The van der Waals surface area contributed by atoms with Gasteiger partial charge in [-0.05, 0) is 31.0 Å². The smallest absolute Gasteiger partial charge is 0.0872 e. The Hall–Kier alpha value is -2.43. The van der Waals surface area contributed by atoms with Gasteiger partial charge in [-0.2, -0.15) is 0 Å². The number of rotatable bonds is 4. The van der Waals surface area contributed by atoms with Crippen molar-refractivity contribution in [2.75, 3.05) is 0 Å². The molecule has 2 unspecified atom stereocenters. The minimum atomic E-state index is -0.375. The van der Waals surface area contributed by atoms with Gasteiger partial charge in [-0.3, -0.25) is 4.98 Å². The van der Waals surface area contributed by atoms with E-state index in [4.69, 9.17) is 10.2 Å². The van der Waals surface area contributed by atoms with Crippen molar-refractivity contribution in [3.8, 4) is 22.5 Å².